The average Bonchev–Trinajstić information content (AvgIpc) is 3.72. The van der Waals surface area contributed by atoms with Gasteiger partial charge in [-0.05, 0) is 88.1 Å². The number of esters is 1. The highest BCUT2D eigenvalue weighted by Crippen LogP contribution is 2.46. The van der Waals surface area contributed by atoms with Gasteiger partial charge >= 0.3 is 12.1 Å². The van der Waals surface area contributed by atoms with Gasteiger partial charge in [-0.3, -0.25) is 33.6 Å². The van der Waals surface area contributed by atoms with E-state index in [1.54, 1.807) is 65.0 Å². The van der Waals surface area contributed by atoms with Gasteiger partial charge in [0, 0.05) is 74.2 Å². The largest absolute Gasteiger partial charge is 0.458 e. The fourth-order valence-corrected chi connectivity index (χ4v) is 9.52. The quantitative estimate of drug-likeness (QED) is 0.0449. The van der Waals surface area contributed by atoms with E-state index in [1.807, 2.05) is 6.07 Å². The predicted octanol–water partition coefficient (Wildman–Crippen LogP) is 3.98. The van der Waals surface area contributed by atoms with E-state index >= 15 is 4.39 Å². The van der Waals surface area contributed by atoms with Crippen molar-refractivity contribution in [2.24, 2.45) is 0 Å². The van der Waals surface area contributed by atoms with E-state index in [0.29, 0.717) is 46.3 Å². The fraction of sp³-hybridized carbons (Fsp3) is 0.472. The number of rotatable bonds is 21. The number of nitrogens with one attached hydrogen (secondary N) is 5. The average molecular weight is 1010 g/mol. The highest BCUT2D eigenvalue weighted by Gasteiger charge is 2.46. The summed E-state index contributed by atoms with van der Waals surface area (Å²) in [5.74, 6) is -3.88. The Bertz CT molecular complexity index is 2930. The molecule has 20 heteroatoms. The second kappa shape index (κ2) is 22.6. The monoisotopic (exact) mass is 1010 g/mol. The zero-order valence-corrected chi connectivity index (χ0v) is 41.7. The van der Waals surface area contributed by atoms with Crippen LogP contribution in [0.5, 0.6) is 0 Å². The van der Waals surface area contributed by atoms with Gasteiger partial charge < -0.3 is 45.7 Å². The van der Waals surface area contributed by atoms with Gasteiger partial charge in [0.1, 0.15) is 18.0 Å². The molecule has 2 aliphatic heterocycles. The van der Waals surface area contributed by atoms with Crippen LogP contribution in [0, 0.1) is 12.7 Å². The van der Waals surface area contributed by atoms with Gasteiger partial charge in [0.05, 0.1) is 47.6 Å². The van der Waals surface area contributed by atoms with E-state index in [0.717, 1.165) is 16.7 Å². The number of hydrogen-bond acceptors (Lipinski definition) is 13. The molecule has 1 unspecified atom stereocenters. The van der Waals surface area contributed by atoms with Gasteiger partial charge in [-0.15, -0.1) is 0 Å². The molecule has 0 spiro atoms. The van der Waals surface area contributed by atoms with Gasteiger partial charge in [-0.25, -0.2) is 19.0 Å². The lowest BCUT2D eigenvalue weighted by molar-refractivity contribution is -0.172. The van der Waals surface area contributed by atoms with E-state index in [-0.39, 0.29) is 108 Å². The van der Waals surface area contributed by atoms with Crippen molar-refractivity contribution in [3.8, 4) is 11.4 Å². The van der Waals surface area contributed by atoms with Crippen molar-refractivity contribution in [2.75, 3.05) is 19.6 Å². The number of cyclic esters (lactones) is 1. The van der Waals surface area contributed by atoms with Crippen molar-refractivity contribution in [1.82, 2.24) is 36.1 Å². The standard InChI is InChI=1S/C53H62FN7O12/c1-6-53(71)35-24-40-48-33(27-61(40)49(68)34(35)28-72-50(53)69)47-37(16-15-32-29(2)36(54)25-39(60-48)46(32)47)58-44(66)13-10-21-55-42(64)19-17-41(63)38(23-30-11-8-7-9-12-30)59-45(67)18-14-31(62)26-57-43(65)20-22-56-51(70)73-52(3,4)5/h7-9,11-12,24-25,37-38,71H,6,10,13-23,26-28H2,1-5H3,(H,55,64)(H,56,70)(H,57,65)(H,58,66)(H,59,67)/t37-,38?,53-/m0/s1. The first-order valence-electron chi connectivity index (χ1n) is 24.7. The molecule has 6 N–H and O–H groups in total. The molecule has 1 aliphatic carbocycles. The zero-order valence-electron chi connectivity index (χ0n) is 41.7. The summed E-state index contributed by atoms with van der Waals surface area (Å²) in [5, 5.41) is 25.6. The topological polar surface area (TPSA) is 270 Å². The Morgan fingerprint density at radius 2 is 1.62 bits per heavy atom. The number of halogens is 1. The van der Waals surface area contributed by atoms with Crippen molar-refractivity contribution in [3.63, 3.8) is 0 Å². The molecule has 5 amide bonds. The van der Waals surface area contributed by atoms with Crippen molar-refractivity contribution in [2.45, 2.75) is 142 Å². The summed E-state index contributed by atoms with van der Waals surface area (Å²) in [6.07, 6.45) is -0.294. The number of carbonyl (C=O) groups is 8. The van der Waals surface area contributed by atoms with Crippen LogP contribution >= 0.6 is 0 Å². The van der Waals surface area contributed by atoms with Crippen LogP contribution in [-0.2, 0) is 74.6 Å². The summed E-state index contributed by atoms with van der Waals surface area (Å²) < 4.78 is 27.2. The number of nitrogens with zero attached hydrogens (tertiary/aromatic N) is 2. The number of pyridine rings is 2. The molecule has 0 saturated heterocycles. The van der Waals surface area contributed by atoms with Crippen LogP contribution in [0.25, 0.3) is 22.3 Å². The summed E-state index contributed by atoms with van der Waals surface area (Å²) in [6, 6.07) is 10.4. The second-order valence-electron chi connectivity index (χ2n) is 19.7. The predicted molar refractivity (Wildman–Crippen MR) is 263 cm³/mol. The first-order valence-corrected chi connectivity index (χ1v) is 24.7. The Morgan fingerprint density at radius 1 is 0.890 bits per heavy atom. The number of ketones is 2. The summed E-state index contributed by atoms with van der Waals surface area (Å²) in [7, 11) is 0. The number of ether oxygens (including phenoxy) is 2. The number of Topliss-reactive ketones (excluding diaryl/α,β-unsaturated/α-hetero) is 2. The normalized spacial score (nSPS) is 16.8. The van der Waals surface area contributed by atoms with Crippen molar-refractivity contribution in [1.29, 1.82) is 0 Å². The molecule has 388 valence electrons. The molecule has 7 rings (SSSR count). The molecule has 73 heavy (non-hydrogen) atoms. The number of fused-ring (bicyclic) bond motifs is 5. The molecule has 3 aliphatic rings. The minimum Gasteiger partial charge on any atom is -0.458 e. The Balaban J connectivity index is 0.904. The molecule has 4 heterocycles. The molecule has 2 aromatic carbocycles. The maximum atomic E-state index is 15.4. The smallest absolute Gasteiger partial charge is 0.407 e. The number of amides is 5. The van der Waals surface area contributed by atoms with Crippen LogP contribution in [0.1, 0.15) is 130 Å². The number of alkyl carbamates (subject to hydrolysis) is 1. The third-order valence-corrected chi connectivity index (χ3v) is 13.4. The summed E-state index contributed by atoms with van der Waals surface area (Å²) in [6.45, 7) is 8.03. The lowest BCUT2D eigenvalue weighted by Crippen LogP contribution is -2.44. The molecule has 0 radical (unpaired) electrons. The van der Waals surface area contributed by atoms with Crippen molar-refractivity contribution in [3.05, 3.63) is 97.6 Å². The Hall–Kier alpha value is -7.35. The molecule has 19 nitrogen and oxygen atoms in total. The van der Waals surface area contributed by atoms with Crippen LogP contribution < -0.4 is 32.1 Å². The molecule has 0 saturated carbocycles. The van der Waals surface area contributed by atoms with Gasteiger partial charge in [-0.1, -0.05) is 37.3 Å². The Kier molecular flexibility index (Phi) is 16.5. The molecular weight excluding hydrogens is 946 g/mol. The number of benzene rings is 2. The number of hydrogen-bond donors (Lipinski definition) is 6. The molecule has 2 aromatic heterocycles. The first-order chi connectivity index (χ1) is 34.7. The number of aliphatic hydroxyl groups is 1. The second-order valence-corrected chi connectivity index (χ2v) is 19.7. The minimum absolute atomic E-state index is 0.000188. The van der Waals surface area contributed by atoms with Gasteiger partial charge in [0.25, 0.3) is 5.56 Å². The van der Waals surface area contributed by atoms with Crippen LogP contribution in [0.2, 0.25) is 0 Å². The highest BCUT2D eigenvalue weighted by atomic mass is 19.1. The third-order valence-electron chi connectivity index (χ3n) is 13.4. The van der Waals surface area contributed by atoms with Crippen LogP contribution in [0.15, 0.2) is 47.3 Å². The lowest BCUT2D eigenvalue weighted by Gasteiger charge is -2.31. The fourth-order valence-electron chi connectivity index (χ4n) is 9.52. The van der Waals surface area contributed by atoms with E-state index in [4.69, 9.17) is 14.5 Å². The van der Waals surface area contributed by atoms with Crippen LogP contribution in [0.4, 0.5) is 9.18 Å². The minimum atomic E-state index is -2.03. The first kappa shape index (κ1) is 53.4. The lowest BCUT2D eigenvalue weighted by atomic mass is 9.81. The maximum absolute atomic E-state index is 15.4. The van der Waals surface area contributed by atoms with Crippen LogP contribution in [0.3, 0.4) is 0 Å². The Labute approximate surface area is 420 Å². The Morgan fingerprint density at radius 3 is 2.34 bits per heavy atom. The highest BCUT2D eigenvalue weighted by molar-refractivity contribution is 5.95. The van der Waals surface area contributed by atoms with E-state index < -0.39 is 76.0 Å². The summed E-state index contributed by atoms with van der Waals surface area (Å²) in [4.78, 5) is 121. The molecule has 0 bridgehead atoms. The summed E-state index contributed by atoms with van der Waals surface area (Å²) >= 11 is 0. The molecule has 0 fully saturated rings. The van der Waals surface area contributed by atoms with E-state index in [1.165, 1.54) is 10.6 Å². The van der Waals surface area contributed by atoms with Crippen molar-refractivity contribution >= 4 is 58.2 Å². The van der Waals surface area contributed by atoms with Crippen molar-refractivity contribution < 1.29 is 57.3 Å². The van der Waals surface area contributed by atoms with E-state index in [9.17, 15) is 48.3 Å². The van der Waals surface area contributed by atoms with Gasteiger partial charge in [0.15, 0.2) is 17.2 Å². The maximum Gasteiger partial charge on any atom is 0.407 e. The summed E-state index contributed by atoms with van der Waals surface area (Å²) in [5.41, 5.74) is 1.62. The number of aromatic nitrogens is 2. The SMILES string of the molecule is CC[C@@]1(O)C(=O)OCc2c1cc1n(c2=O)Cc2c-1nc1cc(F)c(C)c3c1c2[C@@H](NC(=O)CCCNC(=O)CCC(=O)C(Cc1ccccc1)NC(=O)CCC(=O)CNC(=O)CCNC(=O)OC(C)(C)C)CC3. The number of aryl methyl sites for hydroxylation is 1. The number of carbonyl (C=O) groups excluding carboxylic acids is 8. The zero-order chi connectivity index (χ0) is 52.8. The molecular formula is C53H62FN7O12. The van der Waals surface area contributed by atoms with Gasteiger partial charge in [-0.2, -0.15) is 0 Å². The van der Waals surface area contributed by atoms with Gasteiger partial charge in [0.2, 0.25) is 23.6 Å². The molecule has 3 atom stereocenters. The molecule has 4 aromatic rings. The third kappa shape index (κ3) is 12.5. The van der Waals surface area contributed by atoms with Crippen LogP contribution in [-0.4, -0.2) is 93.2 Å². The van der Waals surface area contributed by atoms with E-state index in [2.05, 4.69) is 26.6 Å².